The third-order valence-electron chi connectivity index (χ3n) is 6.07. The molecule has 0 spiro atoms. The number of methoxy groups -OCH3 is 2. The standard InChI is InChI=1S/C21H27ClN6O4/c1-31-14-4-3-13(16(7-14)32-2)8-23-10-21(27-20(29)30)5-6-28(11-21)19-17-15(22)9-24-18(17)25-12-26-19/h3-4,7,9,12,17,19,23,27H,5-6,8,10-11H2,1-2H3,(H,29,30)(H,24,25,26)/t17?,19-,21?/m1/s1. The summed E-state index contributed by atoms with van der Waals surface area (Å²) in [5.41, 5.74) is 0.304. The van der Waals surface area contributed by atoms with Crippen molar-refractivity contribution in [2.75, 3.05) is 33.9 Å². The van der Waals surface area contributed by atoms with Gasteiger partial charge in [0.1, 0.15) is 29.8 Å². The van der Waals surface area contributed by atoms with Gasteiger partial charge in [-0.05, 0) is 12.5 Å². The van der Waals surface area contributed by atoms with Gasteiger partial charge in [0.2, 0.25) is 0 Å². The van der Waals surface area contributed by atoms with Crippen LogP contribution >= 0.6 is 11.6 Å². The number of fused-ring (bicyclic) bond motifs is 1. The normalized spacial score (nSPS) is 26.7. The molecule has 1 aromatic rings. The summed E-state index contributed by atoms with van der Waals surface area (Å²) in [6.45, 7) is 2.16. The number of amides is 1. The number of ether oxygens (including phenoxy) is 2. The monoisotopic (exact) mass is 462 g/mol. The highest BCUT2D eigenvalue weighted by Gasteiger charge is 2.46. The average Bonchev–Trinajstić information content (AvgIpc) is 3.37. The van der Waals surface area contributed by atoms with E-state index in [0.29, 0.717) is 49.1 Å². The molecule has 32 heavy (non-hydrogen) atoms. The van der Waals surface area contributed by atoms with Crippen LogP contribution in [0, 0.1) is 5.92 Å². The molecule has 4 rings (SSSR count). The van der Waals surface area contributed by atoms with Crippen molar-refractivity contribution in [1.82, 2.24) is 20.9 Å². The zero-order chi connectivity index (χ0) is 22.7. The minimum Gasteiger partial charge on any atom is -0.497 e. The molecule has 1 fully saturated rings. The fourth-order valence-corrected chi connectivity index (χ4v) is 4.76. The van der Waals surface area contributed by atoms with Crippen molar-refractivity contribution in [3.05, 3.63) is 35.0 Å². The van der Waals surface area contributed by atoms with Crippen molar-refractivity contribution in [2.45, 2.75) is 24.7 Å². The number of likely N-dealkylation sites (tertiary alicyclic amines) is 1. The number of rotatable bonds is 8. The van der Waals surface area contributed by atoms with Gasteiger partial charge in [-0.15, -0.1) is 0 Å². The largest absolute Gasteiger partial charge is 0.497 e. The highest BCUT2D eigenvalue weighted by molar-refractivity contribution is 6.33. The molecule has 1 aromatic carbocycles. The summed E-state index contributed by atoms with van der Waals surface area (Å²) in [5.74, 6) is 2.04. The van der Waals surface area contributed by atoms with Crippen LogP contribution in [-0.4, -0.2) is 73.8 Å². The second-order valence-corrected chi connectivity index (χ2v) is 8.49. The second-order valence-electron chi connectivity index (χ2n) is 8.06. The molecule has 1 amide bonds. The van der Waals surface area contributed by atoms with E-state index in [0.717, 1.165) is 11.4 Å². The molecular formula is C21H27ClN6O4. The van der Waals surface area contributed by atoms with Crippen LogP contribution < -0.4 is 25.4 Å². The Morgan fingerprint density at radius 3 is 3.00 bits per heavy atom. The van der Waals surface area contributed by atoms with E-state index in [1.807, 2.05) is 18.2 Å². The Kier molecular flexibility index (Phi) is 6.54. The molecule has 0 radical (unpaired) electrons. The van der Waals surface area contributed by atoms with Crippen LogP contribution in [0.5, 0.6) is 11.5 Å². The number of aliphatic imine (C=N–C) groups is 2. The maximum Gasteiger partial charge on any atom is 0.405 e. The van der Waals surface area contributed by atoms with Crippen LogP contribution in [0.3, 0.4) is 0 Å². The number of hydrogen-bond donors (Lipinski definition) is 4. The number of amidine groups is 1. The number of carboxylic acid groups (broad SMARTS) is 1. The van der Waals surface area contributed by atoms with Crippen molar-refractivity contribution in [2.24, 2.45) is 15.9 Å². The van der Waals surface area contributed by atoms with E-state index in [1.165, 1.54) is 6.34 Å². The molecule has 11 heteroatoms. The van der Waals surface area contributed by atoms with Gasteiger partial charge in [0.15, 0.2) is 0 Å². The SMILES string of the molecule is COc1ccc(CNCC2(NC(=O)O)CCN([C@H]3N=CN=C4NC=C(Cl)C43)C2)c(OC)c1. The Morgan fingerprint density at radius 2 is 2.25 bits per heavy atom. The first-order chi connectivity index (χ1) is 15.4. The first kappa shape index (κ1) is 22.4. The molecule has 0 saturated carbocycles. The molecule has 2 unspecified atom stereocenters. The lowest BCUT2D eigenvalue weighted by atomic mass is 9.98. The van der Waals surface area contributed by atoms with Gasteiger partial charge in [0.05, 0.1) is 25.7 Å². The molecule has 1 saturated heterocycles. The fourth-order valence-electron chi connectivity index (χ4n) is 4.49. The zero-order valence-corrected chi connectivity index (χ0v) is 18.7. The second kappa shape index (κ2) is 9.35. The predicted octanol–water partition coefficient (Wildman–Crippen LogP) is 1.57. The third kappa shape index (κ3) is 4.52. The summed E-state index contributed by atoms with van der Waals surface area (Å²) in [6, 6.07) is 5.63. The molecule has 3 atom stereocenters. The Labute approximate surface area is 191 Å². The molecule has 3 aliphatic rings. The number of benzene rings is 1. The van der Waals surface area contributed by atoms with Gasteiger partial charge in [-0.1, -0.05) is 17.7 Å². The average molecular weight is 463 g/mol. The van der Waals surface area contributed by atoms with Gasteiger partial charge in [0, 0.05) is 49.0 Å². The number of halogens is 1. The van der Waals surface area contributed by atoms with E-state index in [1.54, 1.807) is 20.4 Å². The number of nitrogens with one attached hydrogen (secondary N) is 3. The topological polar surface area (TPSA) is 120 Å². The lowest BCUT2D eigenvalue weighted by Crippen LogP contribution is -2.57. The van der Waals surface area contributed by atoms with Crippen LogP contribution in [0.4, 0.5) is 4.79 Å². The predicted molar refractivity (Wildman–Crippen MR) is 122 cm³/mol. The van der Waals surface area contributed by atoms with Crippen LogP contribution in [0.1, 0.15) is 12.0 Å². The summed E-state index contributed by atoms with van der Waals surface area (Å²) in [6.07, 6.45) is 2.64. The third-order valence-corrected chi connectivity index (χ3v) is 6.41. The molecule has 0 bridgehead atoms. The number of nitrogens with zero attached hydrogens (tertiary/aromatic N) is 3. The maximum absolute atomic E-state index is 11.6. The van der Waals surface area contributed by atoms with Crippen LogP contribution in [0.2, 0.25) is 0 Å². The van der Waals surface area contributed by atoms with Gasteiger partial charge >= 0.3 is 6.09 Å². The van der Waals surface area contributed by atoms with Crippen molar-refractivity contribution in [3.63, 3.8) is 0 Å². The number of carbonyl (C=O) groups is 1. The Bertz CT molecular complexity index is 968. The van der Waals surface area contributed by atoms with Gasteiger partial charge in [-0.25, -0.2) is 9.79 Å². The van der Waals surface area contributed by atoms with Crippen LogP contribution in [0.25, 0.3) is 0 Å². The highest BCUT2D eigenvalue weighted by atomic mass is 35.5. The van der Waals surface area contributed by atoms with Crippen molar-refractivity contribution in [1.29, 1.82) is 0 Å². The Hall–Kier alpha value is -2.82. The first-order valence-electron chi connectivity index (χ1n) is 10.3. The zero-order valence-electron chi connectivity index (χ0n) is 18.0. The summed E-state index contributed by atoms with van der Waals surface area (Å²) < 4.78 is 10.7. The summed E-state index contributed by atoms with van der Waals surface area (Å²) >= 11 is 6.39. The molecule has 0 aromatic heterocycles. The Morgan fingerprint density at radius 1 is 1.41 bits per heavy atom. The molecule has 4 N–H and O–H groups in total. The van der Waals surface area contributed by atoms with Crippen LogP contribution in [0.15, 0.2) is 39.4 Å². The highest BCUT2D eigenvalue weighted by Crippen LogP contribution is 2.34. The van der Waals surface area contributed by atoms with E-state index < -0.39 is 11.6 Å². The molecule has 172 valence electrons. The smallest absolute Gasteiger partial charge is 0.405 e. The first-order valence-corrected chi connectivity index (χ1v) is 10.7. The quantitative estimate of drug-likeness (QED) is 0.463. The molecule has 10 nitrogen and oxygen atoms in total. The van der Waals surface area contributed by atoms with Gasteiger partial charge in [0.25, 0.3) is 0 Å². The fraction of sp³-hybridized carbons (Fsp3) is 0.476. The Balaban J connectivity index is 1.44. The summed E-state index contributed by atoms with van der Waals surface area (Å²) in [5, 5.41) is 19.4. The van der Waals surface area contributed by atoms with Crippen LogP contribution in [-0.2, 0) is 6.54 Å². The number of hydrogen-bond acceptors (Lipinski definition) is 8. The molecule has 3 heterocycles. The van der Waals surface area contributed by atoms with E-state index in [4.69, 9.17) is 21.1 Å². The van der Waals surface area contributed by atoms with E-state index >= 15 is 0 Å². The van der Waals surface area contributed by atoms with Crippen molar-refractivity contribution in [3.8, 4) is 11.5 Å². The van der Waals surface area contributed by atoms with Crippen molar-refractivity contribution < 1.29 is 19.4 Å². The molecule has 0 aliphatic carbocycles. The van der Waals surface area contributed by atoms with E-state index in [-0.39, 0.29) is 12.1 Å². The van der Waals surface area contributed by atoms with Gasteiger partial charge < -0.3 is 30.5 Å². The van der Waals surface area contributed by atoms with Crippen molar-refractivity contribution >= 4 is 29.9 Å². The molecule has 3 aliphatic heterocycles. The summed E-state index contributed by atoms with van der Waals surface area (Å²) in [7, 11) is 3.22. The maximum atomic E-state index is 11.6. The minimum atomic E-state index is -1.05. The lowest BCUT2D eigenvalue weighted by molar-refractivity contribution is 0.167. The lowest BCUT2D eigenvalue weighted by Gasteiger charge is -2.34. The minimum absolute atomic E-state index is 0.154. The van der Waals surface area contributed by atoms with Gasteiger partial charge in [-0.2, -0.15) is 0 Å². The van der Waals surface area contributed by atoms with E-state index in [2.05, 4.69) is 30.8 Å². The van der Waals surface area contributed by atoms with E-state index in [9.17, 15) is 9.90 Å². The molecular weight excluding hydrogens is 436 g/mol. The summed E-state index contributed by atoms with van der Waals surface area (Å²) in [4.78, 5) is 22.6. The van der Waals surface area contributed by atoms with Gasteiger partial charge in [-0.3, -0.25) is 9.89 Å².